The van der Waals surface area contributed by atoms with E-state index in [-0.39, 0.29) is 11.9 Å². The largest absolute Gasteiger partial charge is 0.390 e. The molecule has 0 bridgehead atoms. The van der Waals surface area contributed by atoms with Crippen LogP contribution in [0.3, 0.4) is 0 Å². The van der Waals surface area contributed by atoms with E-state index in [1.54, 1.807) is 6.20 Å². The predicted molar refractivity (Wildman–Crippen MR) is 69.7 cm³/mol. The first kappa shape index (κ1) is 12.8. The molecule has 1 amide bonds. The number of amides is 1. The van der Waals surface area contributed by atoms with Crippen molar-refractivity contribution in [2.45, 2.75) is 18.7 Å². The van der Waals surface area contributed by atoms with Crippen molar-refractivity contribution in [3.05, 3.63) is 36.2 Å². The average molecular weight is 276 g/mol. The number of aromatic nitrogens is 4. The summed E-state index contributed by atoms with van der Waals surface area (Å²) < 4.78 is 0. The molecule has 8 nitrogen and oxygen atoms in total. The van der Waals surface area contributed by atoms with Crippen LogP contribution in [-0.2, 0) is 6.54 Å². The van der Waals surface area contributed by atoms with E-state index in [9.17, 15) is 9.90 Å². The Hall–Kier alpha value is -2.19. The number of aliphatic hydroxyl groups is 1. The molecule has 1 aliphatic heterocycles. The Morgan fingerprint density at radius 1 is 1.55 bits per heavy atom. The van der Waals surface area contributed by atoms with Crippen LogP contribution in [0.25, 0.3) is 0 Å². The number of carbonyl (C=O) groups is 1. The quantitative estimate of drug-likeness (QED) is 0.579. The summed E-state index contributed by atoms with van der Waals surface area (Å²) in [5.41, 5.74) is 1.38. The summed E-state index contributed by atoms with van der Waals surface area (Å²) in [5, 5.41) is 19.6. The van der Waals surface area contributed by atoms with Gasteiger partial charge in [-0.2, -0.15) is 5.10 Å². The number of H-pyrrole nitrogens is 2. The molecule has 8 heteroatoms. The summed E-state index contributed by atoms with van der Waals surface area (Å²) in [6, 6.07) is 1.61. The zero-order chi connectivity index (χ0) is 13.9. The number of nitrogens with one attached hydrogen (secondary N) is 3. The van der Waals surface area contributed by atoms with Crippen molar-refractivity contribution in [1.82, 2.24) is 30.4 Å². The number of aromatic amines is 2. The van der Waals surface area contributed by atoms with Gasteiger partial charge in [-0.15, -0.1) is 0 Å². The summed E-state index contributed by atoms with van der Waals surface area (Å²) >= 11 is 0. The molecule has 0 unspecified atom stereocenters. The zero-order valence-electron chi connectivity index (χ0n) is 10.8. The van der Waals surface area contributed by atoms with Gasteiger partial charge in [0, 0.05) is 31.5 Å². The van der Waals surface area contributed by atoms with E-state index >= 15 is 0 Å². The van der Waals surface area contributed by atoms with Crippen molar-refractivity contribution in [2.24, 2.45) is 0 Å². The van der Waals surface area contributed by atoms with Gasteiger partial charge >= 0.3 is 0 Å². The first-order chi connectivity index (χ1) is 9.72. The number of imidazole rings is 1. The van der Waals surface area contributed by atoms with Gasteiger partial charge in [-0.05, 0) is 6.07 Å². The van der Waals surface area contributed by atoms with E-state index in [4.69, 9.17) is 0 Å². The van der Waals surface area contributed by atoms with Crippen molar-refractivity contribution in [3.63, 3.8) is 0 Å². The highest BCUT2D eigenvalue weighted by molar-refractivity contribution is 5.92. The molecule has 0 aromatic carbocycles. The third kappa shape index (κ3) is 2.70. The average Bonchev–Trinajstić information content (AvgIpc) is 3.14. The van der Waals surface area contributed by atoms with Crippen molar-refractivity contribution in [3.8, 4) is 0 Å². The second kappa shape index (κ2) is 5.43. The van der Waals surface area contributed by atoms with Gasteiger partial charge in [0.15, 0.2) is 0 Å². The van der Waals surface area contributed by atoms with E-state index in [1.165, 1.54) is 12.5 Å². The monoisotopic (exact) mass is 276 g/mol. The van der Waals surface area contributed by atoms with E-state index in [0.717, 1.165) is 5.69 Å². The molecule has 20 heavy (non-hydrogen) atoms. The second-order valence-electron chi connectivity index (χ2n) is 4.89. The van der Waals surface area contributed by atoms with Crippen LogP contribution in [0.15, 0.2) is 24.8 Å². The normalized spacial score (nSPS) is 23.1. The lowest BCUT2D eigenvalue weighted by Gasteiger charge is -2.15. The van der Waals surface area contributed by atoms with Gasteiger partial charge in [-0.1, -0.05) is 0 Å². The summed E-state index contributed by atoms with van der Waals surface area (Å²) in [6.45, 7) is 1.79. The first-order valence-electron chi connectivity index (χ1n) is 6.40. The fourth-order valence-electron chi connectivity index (χ4n) is 2.38. The van der Waals surface area contributed by atoms with Gasteiger partial charge < -0.3 is 15.4 Å². The minimum atomic E-state index is -0.579. The van der Waals surface area contributed by atoms with E-state index in [1.807, 2.05) is 6.07 Å². The maximum atomic E-state index is 11.9. The summed E-state index contributed by atoms with van der Waals surface area (Å²) in [4.78, 5) is 20.5. The Balaban J connectivity index is 1.57. The van der Waals surface area contributed by atoms with Crippen LogP contribution in [0, 0.1) is 0 Å². The molecule has 2 aromatic heterocycles. The van der Waals surface area contributed by atoms with E-state index in [2.05, 4.69) is 30.4 Å². The van der Waals surface area contributed by atoms with Gasteiger partial charge in [-0.25, -0.2) is 4.98 Å². The molecule has 3 rings (SSSR count). The fourth-order valence-corrected chi connectivity index (χ4v) is 2.38. The van der Waals surface area contributed by atoms with Crippen LogP contribution in [-0.4, -0.2) is 61.3 Å². The molecule has 106 valence electrons. The van der Waals surface area contributed by atoms with Gasteiger partial charge in [0.1, 0.15) is 5.69 Å². The molecule has 1 fully saturated rings. The summed E-state index contributed by atoms with van der Waals surface area (Å²) in [7, 11) is 0. The number of aliphatic hydroxyl groups excluding tert-OH is 1. The maximum Gasteiger partial charge on any atom is 0.269 e. The smallest absolute Gasteiger partial charge is 0.269 e. The lowest BCUT2D eigenvalue weighted by Crippen LogP contribution is -2.42. The van der Waals surface area contributed by atoms with Crippen LogP contribution in [0.4, 0.5) is 0 Å². The molecule has 2 atom stereocenters. The Morgan fingerprint density at radius 2 is 2.45 bits per heavy atom. The third-order valence-corrected chi connectivity index (χ3v) is 3.38. The van der Waals surface area contributed by atoms with Gasteiger partial charge in [0.25, 0.3) is 5.91 Å². The number of rotatable bonds is 4. The first-order valence-corrected chi connectivity index (χ1v) is 6.40. The molecule has 3 heterocycles. The molecule has 2 aromatic rings. The van der Waals surface area contributed by atoms with Crippen molar-refractivity contribution in [1.29, 1.82) is 0 Å². The molecule has 1 aliphatic rings. The van der Waals surface area contributed by atoms with Crippen LogP contribution < -0.4 is 5.32 Å². The molecule has 1 saturated heterocycles. The molecule has 0 aliphatic carbocycles. The minimum absolute atomic E-state index is 0.255. The predicted octanol–water partition coefficient (Wildman–Crippen LogP) is -0.892. The molecule has 4 N–H and O–H groups in total. The third-order valence-electron chi connectivity index (χ3n) is 3.38. The number of nitrogens with zero attached hydrogens (tertiary/aromatic N) is 3. The highest BCUT2D eigenvalue weighted by Crippen LogP contribution is 2.13. The zero-order valence-corrected chi connectivity index (χ0v) is 10.8. The van der Waals surface area contributed by atoms with Crippen LogP contribution in [0.5, 0.6) is 0 Å². The molecule has 0 saturated carbocycles. The minimum Gasteiger partial charge on any atom is -0.390 e. The lowest BCUT2D eigenvalue weighted by molar-refractivity contribution is 0.0883. The Labute approximate surface area is 115 Å². The highest BCUT2D eigenvalue weighted by Gasteiger charge is 2.32. The van der Waals surface area contributed by atoms with Crippen molar-refractivity contribution >= 4 is 5.91 Å². The Morgan fingerprint density at radius 3 is 3.15 bits per heavy atom. The SMILES string of the molecule is O=C(N[C@@H]1CN(Cc2ccn[nH]2)C[C@H]1O)c1cnc[nH]1. The van der Waals surface area contributed by atoms with E-state index < -0.39 is 6.10 Å². The standard InChI is InChI=1S/C12H16N6O2/c19-11-6-18(4-8-1-2-15-17-8)5-10(11)16-12(20)9-3-13-7-14-9/h1-3,7,10-11,19H,4-6H2,(H,13,14)(H,15,17)(H,16,20)/t10-,11-/m1/s1. The number of β-amino-alcohol motifs (C(OH)–C–C–N with tert-alkyl or cyclic N) is 1. The van der Waals surface area contributed by atoms with Crippen LogP contribution >= 0.6 is 0 Å². The topological polar surface area (TPSA) is 110 Å². The Kier molecular flexibility index (Phi) is 3.48. The number of carbonyl (C=O) groups excluding carboxylic acids is 1. The van der Waals surface area contributed by atoms with Crippen LogP contribution in [0.2, 0.25) is 0 Å². The van der Waals surface area contributed by atoms with Crippen molar-refractivity contribution < 1.29 is 9.90 Å². The van der Waals surface area contributed by atoms with Crippen LogP contribution in [0.1, 0.15) is 16.2 Å². The van der Waals surface area contributed by atoms with Crippen molar-refractivity contribution in [2.75, 3.05) is 13.1 Å². The van der Waals surface area contributed by atoms with Gasteiger partial charge in [0.05, 0.1) is 24.7 Å². The molecular weight excluding hydrogens is 260 g/mol. The number of hydrogen-bond donors (Lipinski definition) is 4. The molecule has 0 spiro atoms. The van der Waals surface area contributed by atoms with Gasteiger partial charge in [0.2, 0.25) is 0 Å². The molecular formula is C12H16N6O2. The van der Waals surface area contributed by atoms with Gasteiger partial charge in [-0.3, -0.25) is 14.8 Å². The number of hydrogen-bond acceptors (Lipinski definition) is 5. The summed E-state index contributed by atoms with van der Waals surface area (Å²) in [6.07, 6.45) is 4.02. The maximum absolute atomic E-state index is 11.9. The highest BCUT2D eigenvalue weighted by atomic mass is 16.3. The second-order valence-corrected chi connectivity index (χ2v) is 4.89. The lowest BCUT2D eigenvalue weighted by atomic mass is 10.2. The summed E-state index contributed by atoms with van der Waals surface area (Å²) in [5.74, 6) is -0.255. The fraction of sp³-hybridized carbons (Fsp3) is 0.417. The molecule has 0 radical (unpaired) electrons. The number of likely N-dealkylation sites (tertiary alicyclic amines) is 1. The van der Waals surface area contributed by atoms with E-state index in [0.29, 0.717) is 25.3 Å². The Bertz CT molecular complexity index is 553.